The van der Waals surface area contributed by atoms with Crippen LogP contribution in [0.2, 0.25) is 0 Å². The molecule has 5 nitrogen and oxygen atoms in total. The lowest BCUT2D eigenvalue weighted by Gasteiger charge is -2.01. The molecule has 1 aromatic rings. The van der Waals surface area contributed by atoms with Crippen LogP contribution < -0.4 is 0 Å². The summed E-state index contributed by atoms with van der Waals surface area (Å²) in [5, 5.41) is 19.0. The molecule has 0 saturated heterocycles. The van der Waals surface area contributed by atoms with Crippen molar-refractivity contribution in [1.82, 2.24) is 0 Å². The molecule has 0 aromatic heterocycles. The Morgan fingerprint density at radius 1 is 1.56 bits per heavy atom. The van der Waals surface area contributed by atoms with Crippen molar-refractivity contribution in [3.8, 4) is 0 Å². The average Bonchev–Trinajstić information content (AvgIpc) is 2.16. The van der Waals surface area contributed by atoms with Crippen molar-refractivity contribution in [3.05, 3.63) is 34.1 Å². The van der Waals surface area contributed by atoms with Crippen LogP contribution in [0.3, 0.4) is 0 Å². The van der Waals surface area contributed by atoms with Crippen molar-refractivity contribution < 1.29 is 19.2 Å². The summed E-state index contributed by atoms with van der Waals surface area (Å²) in [6, 6.07) is 3.75. The van der Waals surface area contributed by atoms with E-state index in [-0.39, 0.29) is 17.1 Å². The number of hydrogen-bond acceptors (Lipinski definition) is 4. The van der Waals surface area contributed by atoms with Gasteiger partial charge in [0.25, 0.3) is 0 Å². The van der Waals surface area contributed by atoms with E-state index in [2.05, 4.69) is 0 Å². The molecule has 86 valence electrons. The number of nitro benzene ring substituents is 1. The number of benzene rings is 1. The van der Waals surface area contributed by atoms with Gasteiger partial charge in [-0.25, -0.2) is 0 Å². The van der Waals surface area contributed by atoms with Crippen LogP contribution in [-0.4, -0.2) is 21.8 Å². The third-order valence-electron chi connectivity index (χ3n) is 1.71. The van der Waals surface area contributed by atoms with Crippen LogP contribution in [0.25, 0.3) is 0 Å². The molecule has 1 aromatic carbocycles. The van der Waals surface area contributed by atoms with Crippen LogP contribution in [-0.2, 0) is 4.79 Å². The summed E-state index contributed by atoms with van der Waals surface area (Å²) >= 11 is 0.955. The molecule has 0 saturated carbocycles. The van der Waals surface area contributed by atoms with E-state index in [0.29, 0.717) is 0 Å². The molecule has 0 aliphatic carbocycles. The predicted molar refractivity (Wildman–Crippen MR) is 56.0 cm³/mol. The number of carboxylic acids is 1. The number of thioether (sulfide) groups is 1. The molecule has 0 heterocycles. The molecule has 1 N–H and O–H groups in total. The normalized spacial score (nSPS) is 10.1. The molecule has 0 radical (unpaired) electrons. The van der Waals surface area contributed by atoms with Crippen LogP contribution in [0.4, 0.5) is 10.1 Å². The van der Waals surface area contributed by atoms with Gasteiger partial charge in [-0.05, 0) is 12.1 Å². The average molecular weight is 245 g/mol. The zero-order chi connectivity index (χ0) is 12.1. The van der Waals surface area contributed by atoms with Gasteiger partial charge in [0, 0.05) is 5.75 Å². The number of carboxylic acid groups (broad SMARTS) is 1. The minimum atomic E-state index is -0.994. The van der Waals surface area contributed by atoms with Crippen molar-refractivity contribution in [3.63, 3.8) is 0 Å². The van der Waals surface area contributed by atoms with E-state index in [9.17, 15) is 19.3 Å². The molecule has 0 bridgehead atoms. The van der Waals surface area contributed by atoms with Gasteiger partial charge < -0.3 is 5.11 Å². The lowest BCUT2D eigenvalue weighted by Crippen LogP contribution is -1.98. The summed E-state index contributed by atoms with van der Waals surface area (Å²) in [5.74, 6) is -1.74. The highest BCUT2D eigenvalue weighted by Gasteiger charge is 2.19. The first kappa shape index (κ1) is 12.4. The second-order valence-corrected chi connectivity index (χ2v) is 3.97. The molecule has 0 aliphatic rings. The van der Waals surface area contributed by atoms with Gasteiger partial charge in [0.1, 0.15) is 0 Å². The predicted octanol–water partition coefficient (Wildman–Crippen LogP) is 2.30. The lowest BCUT2D eigenvalue weighted by molar-refractivity contribution is -0.390. The Kier molecular flexibility index (Phi) is 4.24. The third kappa shape index (κ3) is 3.20. The maximum absolute atomic E-state index is 13.1. The largest absolute Gasteiger partial charge is 0.481 e. The Bertz CT molecular complexity index is 424. The van der Waals surface area contributed by atoms with Gasteiger partial charge in [-0.15, -0.1) is 11.8 Å². The van der Waals surface area contributed by atoms with Gasteiger partial charge in [0.15, 0.2) is 0 Å². The fourth-order valence-electron chi connectivity index (χ4n) is 1.04. The fraction of sp³-hybridized carbons (Fsp3) is 0.222. The lowest BCUT2D eigenvalue weighted by atomic mass is 10.3. The number of para-hydroxylation sites is 1. The molecule has 0 unspecified atom stereocenters. The van der Waals surface area contributed by atoms with Crippen LogP contribution in [0.1, 0.15) is 6.42 Å². The number of halogens is 1. The maximum Gasteiger partial charge on any atom is 0.318 e. The van der Waals surface area contributed by atoms with Gasteiger partial charge in [0.05, 0.1) is 16.2 Å². The minimum Gasteiger partial charge on any atom is -0.481 e. The van der Waals surface area contributed by atoms with E-state index >= 15 is 0 Å². The van der Waals surface area contributed by atoms with Gasteiger partial charge in [0.2, 0.25) is 5.82 Å². The Morgan fingerprint density at radius 3 is 2.81 bits per heavy atom. The minimum absolute atomic E-state index is 0.127. The summed E-state index contributed by atoms with van der Waals surface area (Å²) < 4.78 is 13.1. The van der Waals surface area contributed by atoms with Gasteiger partial charge >= 0.3 is 11.7 Å². The topological polar surface area (TPSA) is 80.4 Å². The number of nitrogens with zero attached hydrogens (tertiary/aromatic N) is 1. The zero-order valence-corrected chi connectivity index (χ0v) is 8.87. The number of rotatable bonds is 5. The fourth-order valence-corrected chi connectivity index (χ4v) is 2.02. The summed E-state index contributed by atoms with van der Waals surface area (Å²) in [7, 11) is 0. The molecule has 0 spiro atoms. The molecule has 0 amide bonds. The second-order valence-electron chi connectivity index (χ2n) is 2.84. The standard InChI is InChI=1S/C9H8FNO4S/c10-6-2-1-3-7(9(6)11(14)15)16-5-4-8(12)13/h1-3H,4-5H2,(H,12,13). The summed E-state index contributed by atoms with van der Waals surface area (Å²) in [6.45, 7) is 0. The molecular formula is C9H8FNO4S. The van der Waals surface area contributed by atoms with Gasteiger partial charge in [-0.3, -0.25) is 14.9 Å². The monoisotopic (exact) mass is 245 g/mol. The highest BCUT2D eigenvalue weighted by Crippen LogP contribution is 2.31. The Hall–Kier alpha value is -1.63. The Morgan fingerprint density at radius 2 is 2.25 bits per heavy atom. The Balaban J connectivity index is 2.83. The van der Waals surface area contributed by atoms with Gasteiger partial charge in [-0.1, -0.05) is 6.07 Å². The number of carbonyl (C=O) groups is 1. The molecule has 0 atom stereocenters. The van der Waals surface area contributed by atoms with Crippen LogP contribution in [0.5, 0.6) is 0 Å². The number of hydrogen-bond donors (Lipinski definition) is 1. The van der Waals surface area contributed by atoms with E-state index < -0.39 is 22.4 Å². The zero-order valence-electron chi connectivity index (χ0n) is 8.05. The first-order valence-electron chi connectivity index (χ1n) is 4.30. The molecule has 7 heteroatoms. The number of nitro groups is 1. The van der Waals surface area contributed by atoms with Crippen molar-refractivity contribution in [1.29, 1.82) is 0 Å². The maximum atomic E-state index is 13.1. The summed E-state index contributed by atoms with van der Waals surface area (Å²) in [6.07, 6.45) is -0.127. The van der Waals surface area contributed by atoms with Crippen molar-refractivity contribution in [2.45, 2.75) is 11.3 Å². The SMILES string of the molecule is O=C(O)CCSc1cccc(F)c1[N+](=O)[O-]. The van der Waals surface area contributed by atoms with E-state index in [1.54, 1.807) is 0 Å². The van der Waals surface area contributed by atoms with E-state index in [1.165, 1.54) is 12.1 Å². The van der Waals surface area contributed by atoms with E-state index in [4.69, 9.17) is 5.11 Å². The quantitative estimate of drug-likeness (QED) is 0.489. The highest BCUT2D eigenvalue weighted by molar-refractivity contribution is 7.99. The smallest absolute Gasteiger partial charge is 0.318 e. The summed E-state index contributed by atoms with van der Waals surface area (Å²) in [4.78, 5) is 20.2. The Labute approximate surface area is 94.4 Å². The van der Waals surface area contributed by atoms with Crippen LogP contribution in [0.15, 0.2) is 23.1 Å². The van der Waals surface area contributed by atoms with Crippen LogP contribution in [0, 0.1) is 15.9 Å². The van der Waals surface area contributed by atoms with E-state index in [1.807, 2.05) is 0 Å². The summed E-state index contributed by atoms with van der Waals surface area (Å²) in [5.41, 5.74) is -0.599. The molecule has 1 rings (SSSR count). The van der Waals surface area contributed by atoms with Crippen molar-refractivity contribution in [2.24, 2.45) is 0 Å². The second kappa shape index (κ2) is 5.45. The van der Waals surface area contributed by atoms with Crippen LogP contribution >= 0.6 is 11.8 Å². The first-order valence-corrected chi connectivity index (χ1v) is 5.28. The highest BCUT2D eigenvalue weighted by atomic mass is 32.2. The van der Waals surface area contributed by atoms with Crippen molar-refractivity contribution in [2.75, 3.05) is 5.75 Å². The van der Waals surface area contributed by atoms with Gasteiger partial charge in [-0.2, -0.15) is 4.39 Å². The number of aliphatic carboxylic acids is 1. The molecular weight excluding hydrogens is 237 g/mol. The molecule has 16 heavy (non-hydrogen) atoms. The van der Waals surface area contributed by atoms with Crippen molar-refractivity contribution >= 4 is 23.4 Å². The first-order chi connectivity index (χ1) is 7.52. The van der Waals surface area contributed by atoms with E-state index in [0.717, 1.165) is 17.8 Å². The molecule has 0 aliphatic heterocycles. The third-order valence-corrected chi connectivity index (χ3v) is 2.75. The molecule has 0 fully saturated rings.